The topological polar surface area (TPSA) is 59.0 Å². The number of para-hydroxylation sites is 1. The maximum Gasteiger partial charge on any atom is 0.233 e. The van der Waals surface area contributed by atoms with Gasteiger partial charge in [-0.2, -0.15) is 5.10 Å². The molecule has 0 radical (unpaired) electrons. The van der Waals surface area contributed by atoms with E-state index in [9.17, 15) is 4.79 Å². The van der Waals surface area contributed by atoms with Crippen molar-refractivity contribution in [2.75, 3.05) is 19.6 Å². The number of amides is 1. The fraction of sp³-hybridized carbons (Fsp3) is 0.412. The summed E-state index contributed by atoms with van der Waals surface area (Å²) in [5.74, 6) is 0.868. The molecule has 2 aromatic rings. The molecule has 5 heteroatoms. The Labute approximate surface area is 130 Å². The highest BCUT2D eigenvalue weighted by Crippen LogP contribution is 2.27. The number of hydrogen-bond acceptors (Lipinski definition) is 3. The largest absolute Gasteiger partial charge is 0.355 e. The Kier molecular flexibility index (Phi) is 4.85. The molecule has 1 heterocycles. The van der Waals surface area contributed by atoms with Crippen LogP contribution in [0.3, 0.4) is 0 Å². The van der Waals surface area contributed by atoms with E-state index in [-0.39, 0.29) is 5.91 Å². The highest BCUT2D eigenvalue weighted by Gasteiger charge is 2.20. The summed E-state index contributed by atoms with van der Waals surface area (Å²) < 4.78 is 1.86. The molecule has 22 heavy (non-hydrogen) atoms. The van der Waals surface area contributed by atoms with Crippen LogP contribution in [0.15, 0.2) is 42.7 Å². The first-order valence-electron chi connectivity index (χ1n) is 7.87. The molecule has 1 amide bonds. The predicted molar refractivity (Wildman–Crippen MR) is 85.9 cm³/mol. The van der Waals surface area contributed by atoms with Crippen LogP contribution in [0.1, 0.15) is 18.4 Å². The van der Waals surface area contributed by atoms with Crippen molar-refractivity contribution in [2.24, 2.45) is 5.92 Å². The molecule has 2 N–H and O–H groups in total. The third-order valence-corrected chi connectivity index (χ3v) is 3.81. The lowest BCUT2D eigenvalue weighted by atomic mass is 10.2. The molecule has 0 unspecified atom stereocenters. The Morgan fingerprint density at radius 2 is 2.09 bits per heavy atom. The van der Waals surface area contributed by atoms with Crippen molar-refractivity contribution < 1.29 is 4.79 Å². The SMILES string of the molecule is O=C(CNCC1CC1)NCCc1cnn(-c2ccccc2)c1. The molecule has 1 aliphatic carbocycles. The zero-order chi connectivity index (χ0) is 15.2. The summed E-state index contributed by atoms with van der Waals surface area (Å²) in [4.78, 5) is 11.7. The zero-order valence-electron chi connectivity index (χ0n) is 12.7. The second-order valence-electron chi connectivity index (χ2n) is 5.80. The van der Waals surface area contributed by atoms with Gasteiger partial charge in [-0.15, -0.1) is 0 Å². The van der Waals surface area contributed by atoms with Gasteiger partial charge in [0.2, 0.25) is 5.91 Å². The quantitative estimate of drug-likeness (QED) is 0.777. The third-order valence-electron chi connectivity index (χ3n) is 3.81. The molecule has 0 spiro atoms. The van der Waals surface area contributed by atoms with Crippen LogP contribution in [0.4, 0.5) is 0 Å². The lowest BCUT2D eigenvalue weighted by Gasteiger charge is -2.05. The summed E-state index contributed by atoms with van der Waals surface area (Å²) in [6.45, 7) is 2.03. The lowest BCUT2D eigenvalue weighted by molar-refractivity contribution is -0.120. The van der Waals surface area contributed by atoms with Gasteiger partial charge in [-0.1, -0.05) is 18.2 Å². The molecular formula is C17H22N4O. The standard InChI is InChI=1S/C17H22N4O/c22-17(12-18-10-14-6-7-14)19-9-8-15-11-20-21(13-15)16-4-2-1-3-5-16/h1-5,11,13-14,18H,6-10,12H2,(H,19,22). The monoisotopic (exact) mass is 298 g/mol. The summed E-state index contributed by atoms with van der Waals surface area (Å²) in [6, 6.07) is 10.0. The van der Waals surface area contributed by atoms with Gasteiger partial charge in [0.1, 0.15) is 0 Å². The van der Waals surface area contributed by atoms with Gasteiger partial charge in [-0.25, -0.2) is 4.68 Å². The van der Waals surface area contributed by atoms with Crippen molar-refractivity contribution in [1.82, 2.24) is 20.4 Å². The van der Waals surface area contributed by atoms with Crippen LogP contribution in [-0.4, -0.2) is 35.3 Å². The fourth-order valence-corrected chi connectivity index (χ4v) is 2.33. The molecule has 3 rings (SSSR count). The van der Waals surface area contributed by atoms with Gasteiger partial charge in [-0.3, -0.25) is 4.79 Å². The minimum atomic E-state index is 0.0658. The zero-order valence-corrected chi connectivity index (χ0v) is 12.7. The van der Waals surface area contributed by atoms with Gasteiger partial charge in [-0.05, 0) is 49.4 Å². The maximum absolute atomic E-state index is 11.7. The van der Waals surface area contributed by atoms with E-state index in [1.807, 2.05) is 47.4 Å². The Bertz CT molecular complexity index is 604. The van der Waals surface area contributed by atoms with Gasteiger partial charge in [0.15, 0.2) is 0 Å². The third kappa shape index (κ3) is 4.43. The molecule has 0 saturated heterocycles. The lowest BCUT2D eigenvalue weighted by Crippen LogP contribution is -2.35. The number of carbonyl (C=O) groups is 1. The van der Waals surface area contributed by atoms with Crippen molar-refractivity contribution in [3.05, 3.63) is 48.3 Å². The fourth-order valence-electron chi connectivity index (χ4n) is 2.33. The summed E-state index contributed by atoms with van der Waals surface area (Å²) in [5.41, 5.74) is 2.16. The van der Waals surface area contributed by atoms with E-state index in [0.29, 0.717) is 13.1 Å². The average molecular weight is 298 g/mol. The van der Waals surface area contributed by atoms with Crippen LogP contribution < -0.4 is 10.6 Å². The number of rotatable bonds is 8. The summed E-state index contributed by atoms with van der Waals surface area (Å²) in [6.07, 6.45) is 7.26. The van der Waals surface area contributed by atoms with Crippen molar-refractivity contribution in [2.45, 2.75) is 19.3 Å². The molecule has 0 atom stereocenters. The molecule has 1 aliphatic rings. The molecule has 1 aromatic carbocycles. The molecule has 1 aromatic heterocycles. The first-order chi connectivity index (χ1) is 10.8. The summed E-state index contributed by atoms with van der Waals surface area (Å²) in [5, 5.41) is 10.5. The molecule has 0 aliphatic heterocycles. The van der Waals surface area contributed by atoms with Crippen LogP contribution in [0.5, 0.6) is 0 Å². The molecule has 1 saturated carbocycles. The highest BCUT2D eigenvalue weighted by atomic mass is 16.1. The maximum atomic E-state index is 11.7. The normalized spacial score (nSPS) is 14.0. The van der Waals surface area contributed by atoms with Gasteiger partial charge < -0.3 is 10.6 Å². The number of benzene rings is 1. The van der Waals surface area contributed by atoms with Gasteiger partial charge in [0, 0.05) is 12.7 Å². The first-order valence-corrected chi connectivity index (χ1v) is 7.87. The Morgan fingerprint density at radius 1 is 1.27 bits per heavy atom. The number of hydrogen-bond donors (Lipinski definition) is 2. The van der Waals surface area contributed by atoms with Crippen LogP contribution in [0.2, 0.25) is 0 Å². The minimum Gasteiger partial charge on any atom is -0.355 e. The number of aromatic nitrogens is 2. The van der Waals surface area contributed by atoms with Crippen LogP contribution in [0, 0.1) is 5.92 Å². The van der Waals surface area contributed by atoms with E-state index in [1.165, 1.54) is 12.8 Å². The van der Waals surface area contributed by atoms with E-state index in [1.54, 1.807) is 0 Å². The summed E-state index contributed by atoms with van der Waals surface area (Å²) in [7, 11) is 0. The van der Waals surface area contributed by atoms with Crippen molar-refractivity contribution in [1.29, 1.82) is 0 Å². The van der Waals surface area contributed by atoms with E-state index in [2.05, 4.69) is 15.7 Å². The van der Waals surface area contributed by atoms with E-state index < -0.39 is 0 Å². The minimum absolute atomic E-state index is 0.0658. The second-order valence-corrected chi connectivity index (χ2v) is 5.80. The van der Waals surface area contributed by atoms with Crippen molar-refractivity contribution >= 4 is 5.91 Å². The van der Waals surface area contributed by atoms with Gasteiger partial charge in [0.25, 0.3) is 0 Å². The average Bonchev–Trinajstić information content (AvgIpc) is 3.24. The molecule has 1 fully saturated rings. The van der Waals surface area contributed by atoms with E-state index >= 15 is 0 Å². The Morgan fingerprint density at radius 3 is 2.86 bits per heavy atom. The van der Waals surface area contributed by atoms with Crippen LogP contribution in [-0.2, 0) is 11.2 Å². The molecule has 5 nitrogen and oxygen atoms in total. The second kappa shape index (κ2) is 7.22. The first kappa shape index (κ1) is 14.8. The van der Waals surface area contributed by atoms with Crippen LogP contribution >= 0.6 is 0 Å². The molecule has 116 valence electrons. The number of carbonyl (C=O) groups excluding carboxylic acids is 1. The Hall–Kier alpha value is -2.14. The highest BCUT2D eigenvalue weighted by molar-refractivity contribution is 5.77. The number of nitrogens with zero attached hydrogens (tertiary/aromatic N) is 2. The molecule has 0 bridgehead atoms. The van der Waals surface area contributed by atoms with E-state index in [0.717, 1.165) is 30.1 Å². The van der Waals surface area contributed by atoms with Crippen molar-refractivity contribution in [3.63, 3.8) is 0 Å². The Balaban J connectivity index is 1.38. The summed E-state index contributed by atoms with van der Waals surface area (Å²) >= 11 is 0. The van der Waals surface area contributed by atoms with E-state index in [4.69, 9.17) is 0 Å². The van der Waals surface area contributed by atoms with Gasteiger partial charge in [0.05, 0.1) is 18.4 Å². The smallest absolute Gasteiger partial charge is 0.233 e. The van der Waals surface area contributed by atoms with Crippen molar-refractivity contribution in [3.8, 4) is 5.69 Å². The predicted octanol–water partition coefficient (Wildman–Crippen LogP) is 1.53. The number of nitrogens with one attached hydrogen (secondary N) is 2. The van der Waals surface area contributed by atoms with Gasteiger partial charge >= 0.3 is 0 Å². The molecular weight excluding hydrogens is 276 g/mol. The van der Waals surface area contributed by atoms with Crippen LogP contribution in [0.25, 0.3) is 5.69 Å².